The van der Waals surface area contributed by atoms with E-state index in [-0.39, 0.29) is 24.1 Å². The van der Waals surface area contributed by atoms with E-state index in [2.05, 4.69) is 42.9 Å². The molecule has 2 atom stereocenters. The molecule has 9 heteroatoms. The standard InChI is InChI=1S/C34H36F4N4O/c1-20-15-24(8-9-26(20)21(2)33(3)12-11-27(33)23-6-7-23)30-19-40-32-29(39-14-13-34(36,37)38)18-25(41-42(30)32)16-22-5-10-31(43-4)28(35)17-22/h5,8-10,15,17-19,23,27,39H,2,6-7,11-14,16H2,1,3-4H3. The first-order valence-electron chi connectivity index (χ1n) is 14.8. The van der Waals surface area contributed by atoms with Crippen molar-refractivity contribution in [3.63, 3.8) is 0 Å². The topological polar surface area (TPSA) is 51.5 Å². The van der Waals surface area contributed by atoms with Crippen LogP contribution in [0.1, 0.15) is 61.4 Å². The van der Waals surface area contributed by atoms with Crippen LogP contribution in [0.3, 0.4) is 0 Å². The lowest BCUT2D eigenvalue weighted by Gasteiger charge is -2.49. The summed E-state index contributed by atoms with van der Waals surface area (Å²) in [6.45, 7) is 8.69. The number of benzene rings is 2. The second-order valence-electron chi connectivity index (χ2n) is 12.3. The van der Waals surface area contributed by atoms with Crippen molar-refractivity contribution >= 4 is 16.9 Å². The molecule has 2 unspecified atom stereocenters. The third kappa shape index (κ3) is 5.74. The molecule has 5 nitrogen and oxygen atoms in total. The summed E-state index contributed by atoms with van der Waals surface area (Å²) in [5, 5.41) is 7.70. The van der Waals surface area contributed by atoms with Gasteiger partial charge in [0, 0.05) is 18.5 Å². The lowest BCUT2D eigenvalue weighted by Crippen LogP contribution is -2.39. The number of rotatable bonds is 10. The van der Waals surface area contributed by atoms with Crippen LogP contribution in [-0.2, 0) is 6.42 Å². The Bertz CT molecular complexity index is 1690. The van der Waals surface area contributed by atoms with Gasteiger partial charge in [0.2, 0.25) is 0 Å². The molecule has 2 aromatic carbocycles. The maximum absolute atomic E-state index is 14.4. The summed E-state index contributed by atoms with van der Waals surface area (Å²) < 4.78 is 59.9. The number of fused-ring (bicyclic) bond motifs is 1. The van der Waals surface area contributed by atoms with Gasteiger partial charge in [0.15, 0.2) is 17.2 Å². The van der Waals surface area contributed by atoms with Crippen LogP contribution in [0.5, 0.6) is 5.75 Å². The fourth-order valence-corrected chi connectivity index (χ4v) is 6.64. The van der Waals surface area contributed by atoms with Crippen molar-refractivity contribution in [2.24, 2.45) is 17.3 Å². The zero-order valence-corrected chi connectivity index (χ0v) is 24.7. The van der Waals surface area contributed by atoms with Crippen LogP contribution in [-0.4, -0.2) is 34.4 Å². The number of hydrogen-bond acceptors (Lipinski definition) is 4. The summed E-state index contributed by atoms with van der Waals surface area (Å²) in [5.74, 6) is 1.18. The van der Waals surface area contributed by atoms with Gasteiger partial charge in [-0.3, -0.25) is 0 Å². The number of imidazole rings is 1. The van der Waals surface area contributed by atoms with Crippen LogP contribution in [0.25, 0.3) is 22.5 Å². The Morgan fingerprint density at radius 2 is 1.93 bits per heavy atom. The molecule has 0 radical (unpaired) electrons. The average Bonchev–Trinajstić information content (AvgIpc) is 3.67. The highest BCUT2D eigenvalue weighted by molar-refractivity contribution is 5.77. The second kappa shape index (κ2) is 11.0. The van der Waals surface area contributed by atoms with Crippen LogP contribution >= 0.6 is 0 Å². The number of ether oxygens (including phenoxy) is 1. The molecule has 2 saturated carbocycles. The zero-order valence-electron chi connectivity index (χ0n) is 24.7. The lowest BCUT2D eigenvalue weighted by molar-refractivity contribution is -0.131. The van der Waals surface area contributed by atoms with E-state index in [0.29, 0.717) is 34.2 Å². The van der Waals surface area contributed by atoms with E-state index in [1.165, 1.54) is 38.0 Å². The predicted molar refractivity (Wildman–Crippen MR) is 161 cm³/mol. The maximum atomic E-state index is 14.4. The number of aromatic nitrogens is 3. The van der Waals surface area contributed by atoms with Crippen LogP contribution in [0.4, 0.5) is 23.2 Å². The summed E-state index contributed by atoms with van der Waals surface area (Å²) in [4.78, 5) is 4.54. The van der Waals surface area contributed by atoms with Crippen molar-refractivity contribution in [1.82, 2.24) is 14.6 Å². The number of alkyl halides is 3. The van der Waals surface area contributed by atoms with Crippen LogP contribution in [0, 0.1) is 30.0 Å². The number of nitrogens with one attached hydrogen (secondary N) is 1. The Balaban J connectivity index is 1.34. The number of allylic oxidation sites excluding steroid dienone is 1. The van der Waals surface area contributed by atoms with Crippen molar-refractivity contribution < 1.29 is 22.3 Å². The highest BCUT2D eigenvalue weighted by Gasteiger charge is 2.51. The molecule has 2 aliphatic rings. The molecule has 6 rings (SSSR count). The van der Waals surface area contributed by atoms with Crippen LogP contribution in [0.2, 0.25) is 0 Å². The molecular formula is C34H36F4N4O. The molecule has 2 aliphatic carbocycles. The van der Waals surface area contributed by atoms with Gasteiger partial charge in [0.1, 0.15) is 0 Å². The number of nitrogens with zero attached hydrogens (tertiary/aromatic N) is 3. The van der Waals surface area contributed by atoms with E-state index < -0.39 is 18.4 Å². The van der Waals surface area contributed by atoms with E-state index in [9.17, 15) is 17.6 Å². The fourth-order valence-electron chi connectivity index (χ4n) is 6.64. The van der Waals surface area contributed by atoms with Crippen LogP contribution in [0.15, 0.2) is 55.2 Å². The Labute approximate surface area is 249 Å². The first-order chi connectivity index (χ1) is 20.5. The monoisotopic (exact) mass is 592 g/mol. The van der Waals surface area contributed by atoms with Crippen molar-refractivity contribution in [2.45, 2.75) is 58.5 Å². The summed E-state index contributed by atoms with van der Waals surface area (Å²) in [5.41, 5.74) is 7.25. The quantitative estimate of drug-likeness (QED) is 0.187. The summed E-state index contributed by atoms with van der Waals surface area (Å²) in [6, 6.07) is 12.6. The Hall–Kier alpha value is -3.88. The van der Waals surface area contributed by atoms with Gasteiger partial charge in [-0.05, 0) is 96.4 Å². The van der Waals surface area contributed by atoms with E-state index in [0.717, 1.165) is 29.0 Å². The van der Waals surface area contributed by atoms with Crippen LogP contribution < -0.4 is 10.1 Å². The molecular weight excluding hydrogens is 556 g/mol. The van der Waals surface area contributed by atoms with Gasteiger partial charge >= 0.3 is 6.18 Å². The number of methoxy groups -OCH3 is 1. The van der Waals surface area contributed by atoms with Crippen molar-refractivity contribution in [3.05, 3.63) is 83.4 Å². The lowest BCUT2D eigenvalue weighted by atomic mass is 9.55. The van der Waals surface area contributed by atoms with Gasteiger partial charge in [-0.15, -0.1) is 0 Å². The van der Waals surface area contributed by atoms with Crippen molar-refractivity contribution in [1.29, 1.82) is 0 Å². The molecule has 226 valence electrons. The Kier molecular flexibility index (Phi) is 7.47. The Morgan fingerprint density at radius 3 is 2.56 bits per heavy atom. The number of hydrogen-bond donors (Lipinski definition) is 1. The molecule has 2 heterocycles. The highest BCUT2D eigenvalue weighted by atomic mass is 19.4. The van der Waals surface area contributed by atoms with Crippen molar-refractivity contribution in [2.75, 3.05) is 19.0 Å². The normalized spacial score (nSPS) is 20.2. The SMILES string of the molecule is C=C(c1ccc(-c2cnc3c(NCCC(F)(F)F)cc(Cc4ccc(OC)c(F)c4)nn23)cc1C)C1(C)CCC1C1CC1. The fraction of sp³-hybridized carbons (Fsp3) is 0.412. The summed E-state index contributed by atoms with van der Waals surface area (Å²) in [6.07, 6.45) is 1.77. The molecule has 43 heavy (non-hydrogen) atoms. The number of anilines is 1. The maximum Gasteiger partial charge on any atom is 0.390 e. The van der Waals surface area contributed by atoms with Gasteiger partial charge in [-0.25, -0.2) is 13.9 Å². The molecule has 2 fully saturated rings. The molecule has 0 bridgehead atoms. The second-order valence-corrected chi connectivity index (χ2v) is 12.3. The van der Waals surface area contributed by atoms with E-state index in [4.69, 9.17) is 9.84 Å². The molecule has 2 aromatic heterocycles. The molecule has 0 saturated heterocycles. The third-order valence-electron chi connectivity index (χ3n) is 9.36. The Morgan fingerprint density at radius 1 is 1.14 bits per heavy atom. The average molecular weight is 593 g/mol. The van der Waals surface area contributed by atoms with Gasteiger partial charge in [0.05, 0.1) is 36.8 Å². The van der Waals surface area contributed by atoms with E-state index in [1.54, 1.807) is 28.9 Å². The van der Waals surface area contributed by atoms with E-state index >= 15 is 0 Å². The molecule has 4 aromatic rings. The van der Waals surface area contributed by atoms with Gasteiger partial charge in [-0.2, -0.15) is 18.3 Å². The highest BCUT2D eigenvalue weighted by Crippen LogP contribution is 2.62. The van der Waals surface area contributed by atoms with E-state index in [1.807, 2.05) is 6.07 Å². The number of aryl methyl sites for hydroxylation is 1. The first-order valence-corrected chi connectivity index (χ1v) is 14.8. The minimum atomic E-state index is -4.29. The third-order valence-corrected chi connectivity index (χ3v) is 9.36. The van der Waals surface area contributed by atoms with Crippen molar-refractivity contribution in [3.8, 4) is 17.0 Å². The van der Waals surface area contributed by atoms with Gasteiger partial charge in [0.25, 0.3) is 0 Å². The minimum absolute atomic E-state index is 0.130. The largest absolute Gasteiger partial charge is 0.494 e. The molecule has 0 aliphatic heterocycles. The minimum Gasteiger partial charge on any atom is -0.494 e. The molecule has 0 amide bonds. The first kappa shape index (κ1) is 29.2. The van der Waals surface area contributed by atoms with Gasteiger partial charge in [-0.1, -0.05) is 31.7 Å². The summed E-state index contributed by atoms with van der Waals surface area (Å²) in [7, 11) is 1.40. The smallest absolute Gasteiger partial charge is 0.390 e. The predicted octanol–water partition coefficient (Wildman–Crippen LogP) is 8.65. The molecule has 0 spiro atoms. The molecule has 1 N–H and O–H groups in total. The van der Waals surface area contributed by atoms with Gasteiger partial charge < -0.3 is 10.1 Å². The number of halogens is 4. The summed E-state index contributed by atoms with van der Waals surface area (Å²) >= 11 is 0. The zero-order chi connectivity index (χ0) is 30.5.